The number of ether oxygens (including phenoxy) is 2. The molecule has 0 spiro atoms. The van der Waals surface area contributed by atoms with E-state index in [2.05, 4.69) is 10.9 Å². The van der Waals surface area contributed by atoms with E-state index in [9.17, 15) is 13.1 Å². The number of amidine groups is 1. The molecular formula is C20H22F2N2O3S2. The lowest BCUT2D eigenvalue weighted by molar-refractivity contribution is 0.0473. The van der Waals surface area contributed by atoms with Gasteiger partial charge in [-0.2, -0.15) is 4.31 Å². The van der Waals surface area contributed by atoms with Gasteiger partial charge in [0.2, 0.25) is 0 Å². The summed E-state index contributed by atoms with van der Waals surface area (Å²) in [7, 11) is 1.57. The van der Waals surface area contributed by atoms with Crippen LogP contribution >= 0.6 is 24.1 Å². The Balaban J connectivity index is 2.01. The Labute approximate surface area is 178 Å². The first-order valence-corrected chi connectivity index (χ1v) is 10.5. The summed E-state index contributed by atoms with van der Waals surface area (Å²) in [4.78, 5) is 17.0. The van der Waals surface area contributed by atoms with Crippen LogP contribution in [-0.2, 0) is 9.47 Å². The molecule has 9 heteroatoms. The zero-order valence-electron chi connectivity index (χ0n) is 16.6. The van der Waals surface area contributed by atoms with Gasteiger partial charge in [0.15, 0.2) is 17.5 Å². The van der Waals surface area contributed by atoms with Gasteiger partial charge in [0.25, 0.3) is 0 Å². The lowest BCUT2D eigenvalue weighted by Crippen LogP contribution is -2.38. The topological polar surface area (TPSA) is 51.1 Å². The van der Waals surface area contributed by atoms with Gasteiger partial charge in [-0.3, -0.25) is 4.99 Å². The Morgan fingerprint density at radius 3 is 2.83 bits per heavy atom. The number of carbonyl (C=O) groups is 1. The lowest BCUT2D eigenvalue weighted by atomic mass is 9.98. The van der Waals surface area contributed by atoms with Crippen LogP contribution < -0.4 is 0 Å². The van der Waals surface area contributed by atoms with Crippen LogP contribution in [0, 0.1) is 24.1 Å². The SMILES string of the molecule is C#Cc1ccc(F)c(C2N=C(N(SF)C(=O)OC(C)(C)C)S[C@@]3(COC)CC23)c1. The highest BCUT2D eigenvalue weighted by Crippen LogP contribution is 2.64. The maximum atomic E-state index is 14.6. The number of hydrogen-bond acceptors (Lipinski definition) is 6. The molecule has 1 fully saturated rings. The van der Waals surface area contributed by atoms with Crippen molar-refractivity contribution in [2.24, 2.45) is 10.9 Å². The van der Waals surface area contributed by atoms with Crippen LogP contribution in [0.15, 0.2) is 23.2 Å². The second-order valence-electron chi connectivity index (χ2n) is 7.99. The minimum Gasteiger partial charge on any atom is -0.443 e. The summed E-state index contributed by atoms with van der Waals surface area (Å²) in [6.45, 7) is 5.44. The van der Waals surface area contributed by atoms with E-state index in [1.54, 1.807) is 33.9 Å². The van der Waals surface area contributed by atoms with E-state index in [1.165, 1.54) is 23.9 Å². The summed E-state index contributed by atoms with van der Waals surface area (Å²) in [5.74, 6) is 2.04. The number of terminal acetylenes is 1. The Kier molecular flexibility index (Phi) is 6.18. The molecule has 1 saturated carbocycles. The van der Waals surface area contributed by atoms with Gasteiger partial charge >= 0.3 is 6.09 Å². The van der Waals surface area contributed by atoms with E-state index in [4.69, 9.17) is 15.9 Å². The number of methoxy groups -OCH3 is 1. The molecule has 1 aromatic carbocycles. The largest absolute Gasteiger partial charge is 0.443 e. The van der Waals surface area contributed by atoms with Gasteiger partial charge in [0.05, 0.1) is 17.4 Å². The molecule has 1 amide bonds. The Hall–Kier alpha value is -1.76. The van der Waals surface area contributed by atoms with E-state index in [1.807, 2.05) is 0 Å². The normalized spacial score (nSPS) is 25.5. The van der Waals surface area contributed by atoms with E-state index >= 15 is 0 Å². The number of halogens is 2. The highest BCUT2D eigenvalue weighted by molar-refractivity contribution is 8.16. The quantitative estimate of drug-likeness (QED) is 0.480. The zero-order valence-corrected chi connectivity index (χ0v) is 18.2. The number of rotatable bonds is 4. The second kappa shape index (κ2) is 8.17. The van der Waals surface area contributed by atoms with Crippen LogP contribution in [0.5, 0.6) is 0 Å². The monoisotopic (exact) mass is 440 g/mol. The van der Waals surface area contributed by atoms with Crippen molar-refractivity contribution in [1.29, 1.82) is 0 Å². The molecule has 1 heterocycles. The van der Waals surface area contributed by atoms with Gasteiger partial charge in [-0.15, -0.1) is 10.3 Å². The van der Waals surface area contributed by atoms with Crippen molar-refractivity contribution in [3.63, 3.8) is 0 Å². The first-order valence-electron chi connectivity index (χ1n) is 8.98. The predicted molar refractivity (Wildman–Crippen MR) is 112 cm³/mol. The van der Waals surface area contributed by atoms with Crippen molar-refractivity contribution in [2.45, 2.75) is 43.6 Å². The first-order chi connectivity index (χ1) is 13.6. The summed E-state index contributed by atoms with van der Waals surface area (Å²) in [6, 6.07) is 3.79. The van der Waals surface area contributed by atoms with Crippen LogP contribution in [0.3, 0.4) is 0 Å². The maximum Gasteiger partial charge on any atom is 0.428 e. The number of fused-ring (bicyclic) bond motifs is 1. The van der Waals surface area contributed by atoms with Crippen LogP contribution in [0.4, 0.5) is 13.1 Å². The minimum absolute atomic E-state index is 0.0103. The molecule has 2 unspecified atom stereocenters. The molecule has 0 aromatic heterocycles. The summed E-state index contributed by atoms with van der Waals surface area (Å²) >= 11 is 0.972. The standard InChI is InChI=1S/C20H22F2N2O3S2/c1-6-12-7-8-15(21)13(9-12)16-14-10-20(14,11-26-5)28-17(23-16)24(29-22)18(25)27-19(2,3)4/h1,7-9,14,16H,10-11H2,2-5H3/t14?,16?,20-/m1/s1. The molecule has 156 valence electrons. The number of hydrogen-bond donors (Lipinski definition) is 0. The molecule has 3 rings (SSSR count). The minimum atomic E-state index is -0.875. The third kappa shape index (κ3) is 4.55. The van der Waals surface area contributed by atoms with Crippen molar-refractivity contribution >= 4 is 35.4 Å². The first kappa shape index (κ1) is 21.9. The molecular weight excluding hydrogens is 418 g/mol. The fourth-order valence-corrected chi connectivity index (χ4v) is 5.17. The Morgan fingerprint density at radius 2 is 2.24 bits per heavy atom. The molecule has 0 bridgehead atoms. The van der Waals surface area contributed by atoms with Gasteiger partial charge < -0.3 is 9.47 Å². The average molecular weight is 441 g/mol. The molecule has 1 aliphatic heterocycles. The fraction of sp³-hybridized carbons (Fsp3) is 0.500. The van der Waals surface area contributed by atoms with E-state index < -0.39 is 28.3 Å². The highest BCUT2D eigenvalue weighted by Gasteiger charge is 2.63. The van der Waals surface area contributed by atoms with E-state index in [0.29, 0.717) is 24.2 Å². The van der Waals surface area contributed by atoms with Crippen LogP contribution in [-0.4, -0.2) is 39.6 Å². The average Bonchev–Trinajstić information content (AvgIpc) is 3.35. The lowest BCUT2D eigenvalue weighted by Gasteiger charge is -2.31. The number of carbonyl (C=O) groups excluding carboxylic acids is 1. The van der Waals surface area contributed by atoms with Gasteiger partial charge in [-0.1, -0.05) is 17.7 Å². The smallest absolute Gasteiger partial charge is 0.428 e. The van der Waals surface area contributed by atoms with Crippen LogP contribution in [0.25, 0.3) is 0 Å². The van der Waals surface area contributed by atoms with Crippen molar-refractivity contribution in [3.05, 3.63) is 35.1 Å². The summed E-state index contributed by atoms with van der Waals surface area (Å²) in [5, 5.41) is 0.119. The molecule has 1 aliphatic carbocycles. The number of benzene rings is 1. The Bertz CT molecular complexity index is 881. The second-order valence-corrected chi connectivity index (χ2v) is 9.88. The maximum absolute atomic E-state index is 14.6. The van der Waals surface area contributed by atoms with Crippen LogP contribution in [0.1, 0.15) is 44.4 Å². The molecule has 0 saturated heterocycles. The van der Waals surface area contributed by atoms with E-state index in [0.717, 1.165) is 4.31 Å². The zero-order chi connectivity index (χ0) is 21.4. The van der Waals surface area contributed by atoms with Crippen LogP contribution in [0.2, 0.25) is 0 Å². The van der Waals surface area contributed by atoms with Crippen molar-refractivity contribution in [3.8, 4) is 12.3 Å². The van der Waals surface area contributed by atoms with Gasteiger partial charge in [-0.05, 0) is 45.4 Å². The number of thioether (sulfide) groups is 1. The highest BCUT2D eigenvalue weighted by atomic mass is 32.2. The molecule has 5 nitrogen and oxygen atoms in total. The molecule has 1 aromatic rings. The molecule has 0 radical (unpaired) electrons. The Morgan fingerprint density at radius 1 is 1.52 bits per heavy atom. The number of aliphatic imine (C=N–C) groups is 1. The summed E-state index contributed by atoms with van der Waals surface area (Å²) in [6.07, 6.45) is 5.28. The third-order valence-corrected chi connectivity index (χ3v) is 6.72. The van der Waals surface area contributed by atoms with Gasteiger partial charge in [0, 0.05) is 24.2 Å². The molecule has 0 N–H and O–H groups in total. The summed E-state index contributed by atoms with van der Waals surface area (Å²) < 4.78 is 39.4. The molecule has 29 heavy (non-hydrogen) atoms. The number of nitrogens with zero attached hydrogens (tertiary/aromatic N) is 2. The van der Waals surface area contributed by atoms with Gasteiger partial charge in [-0.25, -0.2) is 9.18 Å². The molecule has 2 aliphatic rings. The summed E-state index contributed by atoms with van der Waals surface area (Å²) in [5.41, 5.74) is 0.0525. The fourth-order valence-electron chi connectivity index (χ4n) is 3.37. The third-order valence-electron chi connectivity index (χ3n) is 4.68. The number of amides is 1. The predicted octanol–water partition coefficient (Wildman–Crippen LogP) is 5.13. The van der Waals surface area contributed by atoms with E-state index in [-0.39, 0.29) is 23.4 Å². The van der Waals surface area contributed by atoms with Gasteiger partial charge in [0.1, 0.15) is 11.4 Å². The van der Waals surface area contributed by atoms with Crippen molar-refractivity contribution in [1.82, 2.24) is 4.31 Å². The molecule has 3 atom stereocenters. The van der Waals surface area contributed by atoms with Crippen molar-refractivity contribution in [2.75, 3.05) is 13.7 Å². The van der Waals surface area contributed by atoms with Crippen molar-refractivity contribution < 1.29 is 22.5 Å².